The normalized spacial score (nSPS) is 10.1. The molecular weight excluding hydrogens is 282 g/mol. The van der Waals surface area contributed by atoms with Gasteiger partial charge in [0, 0.05) is 11.1 Å². The van der Waals surface area contributed by atoms with Gasteiger partial charge in [0.15, 0.2) is 11.6 Å². The Labute approximate surface area is 119 Å². The Bertz CT molecular complexity index is 689. The molecule has 3 N–H and O–H groups in total. The van der Waals surface area contributed by atoms with Gasteiger partial charge in [-0.05, 0) is 24.3 Å². The van der Waals surface area contributed by atoms with Gasteiger partial charge in [-0.2, -0.15) is 0 Å². The molecule has 0 heterocycles. The van der Waals surface area contributed by atoms with Crippen molar-refractivity contribution in [3.05, 3.63) is 65.2 Å². The van der Waals surface area contributed by atoms with Gasteiger partial charge in [-0.15, -0.1) is 0 Å². The Morgan fingerprint density at radius 3 is 2.45 bits per heavy atom. The van der Waals surface area contributed by atoms with E-state index in [0.717, 1.165) is 6.07 Å². The minimum absolute atomic E-state index is 0.150. The second kappa shape index (κ2) is 5.75. The molecule has 0 saturated heterocycles. The number of benzene rings is 2. The molecule has 0 unspecified atom stereocenters. The lowest BCUT2D eigenvalue weighted by molar-refractivity contribution is 0.102. The Kier molecular flexibility index (Phi) is 4.05. The molecule has 0 aliphatic carbocycles. The Morgan fingerprint density at radius 2 is 1.75 bits per heavy atom. The van der Waals surface area contributed by atoms with Crippen LogP contribution in [0.3, 0.4) is 0 Å². The predicted octanol–water partition coefficient (Wildman–Crippen LogP) is 2.85. The molecule has 1 amide bonds. The van der Waals surface area contributed by atoms with Gasteiger partial charge < -0.3 is 11.1 Å². The third kappa shape index (κ3) is 2.97. The number of rotatable bonds is 3. The van der Waals surface area contributed by atoms with Gasteiger partial charge in [0.25, 0.3) is 5.91 Å². The Morgan fingerprint density at radius 1 is 1.10 bits per heavy atom. The quantitative estimate of drug-likeness (QED) is 0.855. The summed E-state index contributed by atoms with van der Waals surface area (Å²) in [5.41, 5.74) is 6.01. The molecule has 0 radical (unpaired) electrons. The van der Waals surface area contributed by atoms with Crippen LogP contribution < -0.4 is 11.1 Å². The zero-order valence-corrected chi connectivity index (χ0v) is 11.0. The van der Waals surface area contributed by atoms with Gasteiger partial charge in [0.1, 0.15) is 4.99 Å². The molecule has 2 aromatic rings. The smallest absolute Gasteiger partial charge is 0.255 e. The molecule has 0 spiro atoms. The maximum Gasteiger partial charge on any atom is 0.255 e. The molecular formula is C14H10F2N2OS. The minimum Gasteiger partial charge on any atom is -0.389 e. The van der Waals surface area contributed by atoms with Crippen molar-refractivity contribution in [1.82, 2.24) is 0 Å². The summed E-state index contributed by atoms with van der Waals surface area (Å²) < 4.78 is 26.5. The van der Waals surface area contributed by atoms with Crippen molar-refractivity contribution >= 4 is 28.8 Å². The number of nitrogens with two attached hydrogens (primary N) is 1. The first-order valence-corrected chi connectivity index (χ1v) is 6.05. The van der Waals surface area contributed by atoms with E-state index in [1.54, 1.807) is 12.1 Å². The van der Waals surface area contributed by atoms with Crippen LogP contribution in [0.25, 0.3) is 0 Å². The van der Waals surface area contributed by atoms with Gasteiger partial charge in [0.2, 0.25) is 0 Å². The first kappa shape index (κ1) is 14.1. The molecule has 2 rings (SSSR count). The first-order valence-electron chi connectivity index (χ1n) is 5.64. The largest absolute Gasteiger partial charge is 0.389 e. The SMILES string of the molecule is NC(=S)c1cccc(C(=O)Nc2cccc(F)c2F)c1. The lowest BCUT2D eigenvalue weighted by Gasteiger charge is -2.07. The van der Waals surface area contributed by atoms with Crippen molar-refractivity contribution in [2.24, 2.45) is 5.73 Å². The second-order valence-electron chi connectivity index (χ2n) is 4.00. The van der Waals surface area contributed by atoms with Crippen LogP contribution in [-0.2, 0) is 0 Å². The molecule has 0 atom stereocenters. The highest BCUT2D eigenvalue weighted by atomic mass is 32.1. The lowest BCUT2D eigenvalue weighted by atomic mass is 10.1. The second-order valence-corrected chi connectivity index (χ2v) is 4.44. The van der Waals surface area contributed by atoms with Crippen LogP contribution in [0.15, 0.2) is 42.5 Å². The zero-order chi connectivity index (χ0) is 14.7. The number of nitrogens with one attached hydrogen (secondary N) is 1. The summed E-state index contributed by atoms with van der Waals surface area (Å²) in [6.45, 7) is 0. The highest BCUT2D eigenvalue weighted by Gasteiger charge is 2.12. The zero-order valence-electron chi connectivity index (χ0n) is 10.2. The van der Waals surface area contributed by atoms with Gasteiger partial charge in [-0.3, -0.25) is 4.79 Å². The van der Waals surface area contributed by atoms with Crippen molar-refractivity contribution in [3.8, 4) is 0 Å². The van der Waals surface area contributed by atoms with E-state index in [-0.39, 0.29) is 16.2 Å². The van der Waals surface area contributed by atoms with Crippen LogP contribution in [0.4, 0.5) is 14.5 Å². The Hall–Kier alpha value is -2.34. The number of carbonyl (C=O) groups is 1. The molecule has 20 heavy (non-hydrogen) atoms. The summed E-state index contributed by atoms with van der Waals surface area (Å²) >= 11 is 4.81. The summed E-state index contributed by atoms with van der Waals surface area (Å²) in [7, 11) is 0. The first-order chi connectivity index (χ1) is 9.49. The number of amides is 1. The predicted molar refractivity (Wildman–Crippen MR) is 76.6 cm³/mol. The van der Waals surface area contributed by atoms with E-state index in [2.05, 4.69) is 5.32 Å². The van der Waals surface area contributed by atoms with E-state index in [0.29, 0.717) is 5.56 Å². The molecule has 0 fully saturated rings. The number of anilines is 1. The average Bonchev–Trinajstić information content (AvgIpc) is 2.44. The molecule has 0 aromatic heterocycles. The fraction of sp³-hybridized carbons (Fsp3) is 0. The summed E-state index contributed by atoms with van der Waals surface area (Å²) in [6, 6.07) is 9.81. The molecule has 0 aliphatic rings. The summed E-state index contributed by atoms with van der Waals surface area (Å²) in [5, 5.41) is 2.30. The highest BCUT2D eigenvalue weighted by Crippen LogP contribution is 2.17. The topological polar surface area (TPSA) is 55.1 Å². The van der Waals surface area contributed by atoms with Crippen LogP contribution in [-0.4, -0.2) is 10.9 Å². The van der Waals surface area contributed by atoms with E-state index in [1.807, 2.05) is 0 Å². The molecule has 3 nitrogen and oxygen atoms in total. The fourth-order valence-corrected chi connectivity index (χ4v) is 1.74. The number of thiocarbonyl (C=S) groups is 1. The molecule has 0 aliphatic heterocycles. The highest BCUT2D eigenvalue weighted by molar-refractivity contribution is 7.80. The number of halogens is 2. The van der Waals surface area contributed by atoms with Crippen molar-refractivity contribution < 1.29 is 13.6 Å². The van der Waals surface area contributed by atoms with Crippen molar-refractivity contribution in [3.63, 3.8) is 0 Å². The van der Waals surface area contributed by atoms with E-state index in [9.17, 15) is 13.6 Å². The van der Waals surface area contributed by atoms with Gasteiger partial charge in [-0.25, -0.2) is 8.78 Å². The third-order valence-corrected chi connectivity index (χ3v) is 2.84. The molecule has 0 saturated carbocycles. The fourth-order valence-electron chi connectivity index (χ4n) is 1.61. The molecule has 6 heteroatoms. The van der Waals surface area contributed by atoms with Crippen LogP contribution in [0.5, 0.6) is 0 Å². The standard InChI is InChI=1S/C14H10F2N2OS/c15-10-5-2-6-11(12(10)16)18-14(19)9-4-1-3-8(7-9)13(17)20/h1-7H,(H2,17,20)(H,18,19). The van der Waals surface area contributed by atoms with Crippen molar-refractivity contribution in [2.45, 2.75) is 0 Å². The minimum atomic E-state index is -1.11. The van der Waals surface area contributed by atoms with Gasteiger partial charge in [-0.1, -0.05) is 30.4 Å². The van der Waals surface area contributed by atoms with E-state index in [4.69, 9.17) is 18.0 Å². The molecule has 2 aromatic carbocycles. The van der Waals surface area contributed by atoms with Crippen molar-refractivity contribution in [1.29, 1.82) is 0 Å². The molecule has 102 valence electrons. The van der Waals surface area contributed by atoms with Crippen LogP contribution in [0, 0.1) is 11.6 Å². The van der Waals surface area contributed by atoms with Gasteiger partial charge >= 0.3 is 0 Å². The maximum atomic E-state index is 13.5. The average molecular weight is 292 g/mol. The lowest BCUT2D eigenvalue weighted by Crippen LogP contribution is -2.15. The van der Waals surface area contributed by atoms with Crippen LogP contribution >= 0.6 is 12.2 Å². The van der Waals surface area contributed by atoms with E-state index < -0.39 is 17.5 Å². The summed E-state index contributed by atoms with van der Waals surface area (Å²) in [5.74, 6) is -2.71. The Balaban J connectivity index is 2.26. The maximum absolute atomic E-state index is 13.5. The van der Waals surface area contributed by atoms with Crippen LogP contribution in [0.1, 0.15) is 15.9 Å². The number of hydrogen-bond acceptors (Lipinski definition) is 2. The van der Waals surface area contributed by atoms with Gasteiger partial charge in [0.05, 0.1) is 5.69 Å². The van der Waals surface area contributed by atoms with Crippen LogP contribution in [0.2, 0.25) is 0 Å². The monoisotopic (exact) mass is 292 g/mol. The van der Waals surface area contributed by atoms with E-state index in [1.165, 1.54) is 24.3 Å². The summed E-state index contributed by atoms with van der Waals surface area (Å²) in [6.07, 6.45) is 0. The third-order valence-electron chi connectivity index (χ3n) is 2.61. The van der Waals surface area contributed by atoms with E-state index >= 15 is 0 Å². The summed E-state index contributed by atoms with van der Waals surface area (Å²) in [4.78, 5) is 12.1. The number of carbonyl (C=O) groups excluding carboxylic acids is 1. The van der Waals surface area contributed by atoms with Crippen molar-refractivity contribution in [2.75, 3.05) is 5.32 Å². The number of hydrogen-bond donors (Lipinski definition) is 2. The molecule has 0 bridgehead atoms.